The number of halogens is 4. The number of ether oxygens (including phenoxy) is 1. The fourth-order valence-electron chi connectivity index (χ4n) is 1.38. The summed E-state index contributed by atoms with van der Waals surface area (Å²) in [6.07, 6.45) is -4.25. The molecular formula is C12H15BrF3NO. The second-order valence-electron chi connectivity index (χ2n) is 3.93. The van der Waals surface area contributed by atoms with E-state index in [9.17, 15) is 13.2 Å². The van der Waals surface area contributed by atoms with E-state index in [0.29, 0.717) is 13.1 Å². The average molecular weight is 326 g/mol. The molecule has 1 N–H and O–H groups in total. The Balaban J connectivity index is 2.16. The van der Waals surface area contributed by atoms with Crippen molar-refractivity contribution in [3.63, 3.8) is 0 Å². The maximum atomic E-state index is 11.8. The Morgan fingerprint density at radius 2 is 2.06 bits per heavy atom. The fraction of sp³-hybridized carbons (Fsp3) is 0.500. The average Bonchev–Trinajstić information content (AvgIpc) is 2.26. The Labute approximate surface area is 113 Å². The molecule has 18 heavy (non-hydrogen) atoms. The maximum absolute atomic E-state index is 11.8. The minimum Gasteiger partial charge on any atom is -0.371 e. The number of nitrogens with one attached hydrogen (secondary N) is 1. The Morgan fingerprint density at radius 1 is 1.33 bits per heavy atom. The van der Waals surface area contributed by atoms with Crippen LogP contribution in [0.3, 0.4) is 0 Å². The topological polar surface area (TPSA) is 21.3 Å². The highest BCUT2D eigenvalue weighted by atomic mass is 79.9. The van der Waals surface area contributed by atoms with Gasteiger partial charge in [-0.15, -0.1) is 0 Å². The summed E-state index contributed by atoms with van der Waals surface area (Å²) in [7, 11) is 0. The molecule has 0 bridgehead atoms. The highest BCUT2D eigenvalue weighted by molar-refractivity contribution is 9.10. The molecule has 0 amide bonds. The lowest BCUT2D eigenvalue weighted by Crippen LogP contribution is -2.23. The molecule has 2 nitrogen and oxygen atoms in total. The number of hydrogen-bond donors (Lipinski definition) is 1. The highest BCUT2D eigenvalue weighted by Gasteiger charge is 2.27. The lowest BCUT2D eigenvalue weighted by molar-refractivity contribution is -0.173. The van der Waals surface area contributed by atoms with Crippen LogP contribution in [0.15, 0.2) is 22.7 Å². The zero-order chi connectivity index (χ0) is 13.6. The van der Waals surface area contributed by atoms with Gasteiger partial charge >= 0.3 is 6.18 Å². The van der Waals surface area contributed by atoms with Crippen LogP contribution in [0.5, 0.6) is 0 Å². The Bertz CT molecular complexity index is 382. The summed E-state index contributed by atoms with van der Waals surface area (Å²) in [5, 5.41) is 3.03. The van der Waals surface area contributed by atoms with Gasteiger partial charge in [-0.05, 0) is 24.1 Å². The van der Waals surface area contributed by atoms with Crippen LogP contribution >= 0.6 is 15.9 Å². The second-order valence-corrected chi connectivity index (χ2v) is 4.78. The zero-order valence-corrected chi connectivity index (χ0v) is 11.6. The Kier molecular flexibility index (Phi) is 6.11. The number of benzene rings is 1. The summed E-state index contributed by atoms with van der Waals surface area (Å²) in [5.41, 5.74) is 2.22. The van der Waals surface area contributed by atoms with Crippen LogP contribution in [-0.4, -0.2) is 25.9 Å². The smallest absolute Gasteiger partial charge is 0.371 e. The molecule has 1 aromatic carbocycles. The van der Waals surface area contributed by atoms with Crippen LogP contribution < -0.4 is 5.32 Å². The van der Waals surface area contributed by atoms with Gasteiger partial charge in [0.05, 0.1) is 6.61 Å². The van der Waals surface area contributed by atoms with E-state index in [1.54, 1.807) is 0 Å². The van der Waals surface area contributed by atoms with Crippen LogP contribution in [0.4, 0.5) is 13.2 Å². The van der Waals surface area contributed by atoms with Gasteiger partial charge in [0, 0.05) is 17.6 Å². The molecule has 0 spiro atoms. The fourth-order valence-corrected chi connectivity index (χ4v) is 1.63. The van der Waals surface area contributed by atoms with Gasteiger partial charge < -0.3 is 10.1 Å². The summed E-state index contributed by atoms with van der Waals surface area (Å²) in [4.78, 5) is 0. The molecule has 0 aromatic heterocycles. The van der Waals surface area contributed by atoms with Crippen molar-refractivity contribution < 1.29 is 17.9 Å². The number of alkyl halides is 3. The van der Waals surface area contributed by atoms with Gasteiger partial charge in [-0.3, -0.25) is 0 Å². The van der Waals surface area contributed by atoms with Crippen molar-refractivity contribution in [3.05, 3.63) is 33.8 Å². The van der Waals surface area contributed by atoms with Crippen LogP contribution in [-0.2, 0) is 11.3 Å². The Hall–Kier alpha value is -0.590. The summed E-state index contributed by atoms with van der Waals surface area (Å²) < 4.78 is 40.8. The van der Waals surface area contributed by atoms with Crippen molar-refractivity contribution in [1.82, 2.24) is 5.32 Å². The molecule has 0 radical (unpaired) electrons. The first kappa shape index (κ1) is 15.5. The predicted molar refractivity (Wildman–Crippen MR) is 67.5 cm³/mol. The summed E-state index contributed by atoms with van der Waals surface area (Å²) >= 11 is 3.40. The first-order valence-electron chi connectivity index (χ1n) is 5.49. The molecule has 1 rings (SSSR count). The van der Waals surface area contributed by atoms with E-state index in [4.69, 9.17) is 0 Å². The molecule has 0 saturated heterocycles. The summed E-state index contributed by atoms with van der Waals surface area (Å²) in [6, 6.07) is 5.93. The number of hydrogen-bond acceptors (Lipinski definition) is 2. The molecule has 0 heterocycles. The van der Waals surface area contributed by atoms with E-state index in [1.807, 2.05) is 25.1 Å². The third-order valence-corrected chi connectivity index (χ3v) is 3.13. The van der Waals surface area contributed by atoms with Crippen molar-refractivity contribution in [3.8, 4) is 0 Å². The van der Waals surface area contributed by atoms with Gasteiger partial charge in [0.25, 0.3) is 0 Å². The van der Waals surface area contributed by atoms with Crippen molar-refractivity contribution >= 4 is 15.9 Å². The largest absolute Gasteiger partial charge is 0.411 e. The van der Waals surface area contributed by atoms with Crippen molar-refractivity contribution in [2.45, 2.75) is 19.6 Å². The minimum absolute atomic E-state index is 0.0506. The van der Waals surface area contributed by atoms with Crippen molar-refractivity contribution in [2.24, 2.45) is 0 Å². The van der Waals surface area contributed by atoms with E-state index < -0.39 is 12.8 Å². The minimum atomic E-state index is -4.25. The van der Waals surface area contributed by atoms with Gasteiger partial charge in [-0.25, -0.2) is 0 Å². The molecular weight excluding hydrogens is 311 g/mol. The molecule has 0 atom stereocenters. The summed E-state index contributed by atoms with van der Waals surface area (Å²) in [6.45, 7) is 1.86. The van der Waals surface area contributed by atoms with E-state index >= 15 is 0 Å². The molecule has 6 heteroatoms. The van der Waals surface area contributed by atoms with Gasteiger partial charge in [-0.1, -0.05) is 28.1 Å². The highest BCUT2D eigenvalue weighted by Crippen LogP contribution is 2.17. The molecule has 0 unspecified atom stereocenters. The molecule has 102 valence electrons. The van der Waals surface area contributed by atoms with Crippen LogP contribution in [0.1, 0.15) is 11.1 Å². The normalized spacial score (nSPS) is 11.8. The predicted octanol–water partition coefficient (Wildman–Crippen LogP) is 3.43. The van der Waals surface area contributed by atoms with Crippen molar-refractivity contribution in [1.29, 1.82) is 0 Å². The molecule has 0 aliphatic rings. The summed E-state index contributed by atoms with van der Waals surface area (Å²) in [5.74, 6) is 0. The molecule has 1 aromatic rings. The van der Waals surface area contributed by atoms with E-state index in [0.717, 1.165) is 15.6 Å². The second kappa shape index (κ2) is 7.11. The van der Waals surface area contributed by atoms with Crippen LogP contribution in [0.25, 0.3) is 0 Å². The third-order valence-electron chi connectivity index (χ3n) is 2.24. The first-order chi connectivity index (χ1) is 8.38. The van der Waals surface area contributed by atoms with Crippen molar-refractivity contribution in [2.75, 3.05) is 19.8 Å². The lowest BCUT2D eigenvalue weighted by Gasteiger charge is -2.09. The number of rotatable bonds is 6. The van der Waals surface area contributed by atoms with Gasteiger partial charge in [-0.2, -0.15) is 13.2 Å². The SMILES string of the molecule is Cc1cc(CNCCOCC(F)(F)F)ccc1Br. The van der Waals surface area contributed by atoms with Crippen LogP contribution in [0.2, 0.25) is 0 Å². The van der Waals surface area contributed by atoms with E-state index in [1.165, 1.54) is 0 Å². The monoisotopic (exact) mass is 325 g/mol. The van der Waals surface area contributed by atoms with Gasteiger partial charge in [0.2, 0.25) is 0 Å². The quantitative estimate of drug-likeness (QED) is 0.809. The lowest BCUT2D eigenvalue weighted by atomic mass is 10.1. The molecule has 0 aliphatic carbocycles. The Morgan fingerprint density at radius 3 is 2.67 bits per heavy atom. The standard InChI is InChI=1S/C12H15BrF3NO/c1-9-6-10(2-3-11(9)13)7-17-4-5-18-8-12(14,15)16/h2-3,6,17H,4-5,7-8H2,1H3. The molecule has 0 saturated carbocycles. The molecule has 0 aliphatic heterocycles. The third kappa shape index (κ3) is 6.37. The van der Waals surface area contributed by atoms with Gasteiger partial charge in [0.15, 0.2) is 0 Å². The van der Waals surface area contributed by atoms with E-state index in [2.05, 4.69) is 26.0 Å². The van der Waals surface area contributed by atoms with Crippen LogP contribution in [0, 0.1) is 6.92 Å². The zero-order valence-electron chi connectivity index (χ0n) is 9.98. The van der Waals surface area contributed by atoms with E-state index in [-0.39, 0.29) is 6.61 Å². The maximum Gasteiger partial charge on any atom is 0.411 e. The van der Waals surface area contributed by atoms with Gasteiger partial charge in [0.1, 0.15) is 6.61 Å². The molecule has 0 fully saturated rings. The first-order valence-corrected chi connectivity index (χ1v) is 6.28. The number of aryl methyl sites for hydroxylation is 1.